The van der Waals surface area contributed by atoms with Crippen LogP contribution in [0.15, 0.2) is 24.3 Å². The fourth-order valence-corrected chi connectivity index (χ4v) is 3.02. The summed E-state index contributed by atoms with van der Waals surface area (Å²) >= 11 is 6.14. The second-order valence-electron chi connectivity index (χ2n) is 7.24. The van der Waals surface area contributed by atoms with E-state index in [1.165, 1.54) is 4.90 Å². The highest BCUT2D eigenvalue weighted by molar-refractivity contribution is 6.31. The Kier molecular flexibility index (Phi) is 6.30. The van der Waals surface area contributed by atoms with Gasteiger partial charge in [0.1, 0.15) is 5.60 Å². The Bertz CT molecular complexity index is 630. The Morgan fingerprint density at radius 1 is 1.36 bits per heavy atom. The molecule has 1 amide bonds. The molecule has 1 heterocycles. The van der Waals surface area contributed by atoms with Crippen LogP contribution in [0.5, 0.6) is 0 Å². The number of likely N-dealkylation sites (tertiary alicyclic amines) is 1. The summed E-state index contributed by atoms with van der Waals surface area (Å²) in [6.07, 6.45) is 0.0732. The van der Waals surface area contributed by atoms with Gasteiger partial charge in [0.05, 0.1) is 5.92 Å². The number of piperidine rings is 1. The zero-order valence-corrected chi connectivity index (χ0v) is 15.5. The highest BCUT2D eigenvalue weighted by atomic mass is 35.5. The van der Waals surface area contributed by atoms with Gasteiger partial charge in [-0.3, -0.25) is 4.79 Å². The topological polar surface area (TPSA) is 78.9 Å². The Labute approximate surface area is 153 Å². The van der Waals surface area contributed by atoms with Crippen LogP contribution >= 0.6 is 11.6 Å². The molecule has 0 aromatic heterocycles. The van der Waals surface area contributed by atoms with E-state index in [-0.39, 0.29) is 12.6 Å². The van der Waals surface area contributed by atoms with E-state index in [0.717, 1.165) is 5.56 Å². The molecule has 1 fully saturated rings. The van der Waals surface area contributed by atoms with Gasteiger partial charge in [-0.25, -0.2) is 4.79 Å². The molecule has 0 bridgehead atoms. The van der Waals surface area contributed by atoms with Crippen LogP contribution in [0, 0.1) is 5.92 Å². The van der Waals surface area contributed by atoms with Crippen molar-refractivity contribution in [3.05, 3.63) is 34.9 Å². The van der Waals surface area contributed by atoms with Crippen molar-refractivity contribution >= 4 is 23.7 Å². The van der Waals surface area contributed by atoms with E-state index in [1.807, 2.05) is 18.2 Å². The number of hydrogen-bond acceptors (Lipinski definition) is 4. The molecular formula is C18H25ClN2O4. The van der Waals surface area contributed by atoms with Crippen molar-refractivity contribution in [3.63, 3.8) is 0 Å². The first-order chi connectivity index (χ1) is 11.7. The molecule has 7 heteroatoms. The number of nitrogens with zero attached hydrogens (tertiary/aromatic N) is 1. The van der Waals surface area contributed by atoms with Crippen molar-refractivity contribution < 1.29 is 19.4 Å². The first-order valence-electron chi connectivity index (χ1n) is 8.35. The van der Waals surface area contributed by atoms with E-state index in [9.17, 15) is 14.7 Å². The highest BCUT2D eigenvalue weighted by Crippen LogP contribution is 2.22. The summed E-state index contributed by atoms with van der Waals surface area (Å²) in [5, 5.41) is 13.5. The lowest BCUT2D eigenvalue weighted by molar-refractivity contribution is -0.144. The van der Waals surface area contributed by atoms with Crippen molar-refractivity contribution in [2.45, 2.75) is 45.4 Å². The number of carbonyl (C=O) groups excluding carboxylic acids is 1. The zero-order valence-electron chi connectivity index (χ0n) is 14.8. The molecule has 2 atom stereocenters. The van der Waals surface area contributed by atoms with Crippen LogP contribution in [-0.2, 0) is 16.1 Å². The maximum absolute atomic E-state index is 12.2. The molecule has 1 aliphatic heterocycles. The Hall–Kier alpha value is -1.79. The lowest BCUT2D eigenvalue weighted by atomic mass is 9.92. The number of benzene rings is 1. The standard InChI is InChI=1S/C18H25ClN2O4/c1-18(2,3)25-17(24)21-9-8-15(13(11-21)16(22)23)20-10-12-6-4-5-7-14(12)19/h4-7,13,15,20H,8-11H2,1-3H3,(H,22,23). The molecule has 138 valence electrons. The van der Waals surface area contributed by atoms with Crippen molar-refractivity contribution in [1.82, 2.24) is 10.2 Å². The number of carboxylic acid groups (broad SMARTS) is 1. The van der Waals surface area contributed by atoms with Crippen molar-refractivity contribution in [2.75, 3.05) is 13.1 Å². The van der Waals surface area contributed by atoms with Crippen LogP contribution in [0.25, 0.3) is 0 Å². The molecule has 6 nitrogen and oxygen atoms in total. The average Bonchev–Trinajstić information content (AvgIpc) is 2.52. The Morgan fingerprint density at radius 3 is 2.64 bits per heavy atom. The third kappa shape index (κ3) is 5.61. The smallest absolute Gasteiger partial charge is 0.410 e. The number of aliphatic carboxylic acids is 1. The minimum Gasteiger partial charge on any atom is -0.481 e. The van der Waals surface area contributed by atoms with E-state index >= 15 is 0 Å². The molecule has 1 aromatic rings. The number of halogens is 1. The molecule has 2 rings (SSSR count). The lowest BCUT2D eigenvalue weighted by Crippen LogP contribution is -2.54. The fraction of sp³-hybridized carbons (Fsp3) is 0.556. The number of amides is 1. The number of carbonyl (C=O) groups is 2. The number of carboxylic acids is 1. The number of ether oxygens (including phenoxy) is 1. The third-order valence-electron chi connectivity index (χ3n) is 4.09. The molecular weight excluding hydrogens is 344 g/mol. The number of nitrogens with one attached hydrogen (secondary N) is 1. The van der Waals surface area contributed by atoms with Gasteiger partial charge < -0.3 is 20.1 Å². The summed E-state index contributed by atoms with van der Waals surface area (Å²) in [7, 11) is 0. The third-order valence-corrected chi connectivity index (χ3v) is 4.46. The fourth-order valence-electron chi connectivity index (χ4n) is 2.82. The molecule has 1 saturated heterocycles. The second-order valence-corrected chi connectivity index (χ2v) is 7.65. The summed E-state index contributed by atoms with van der Waals surface area (Å²) < 4.78 is 5.34. The molecule has 2 unspecified atom stereocenters. The van der Waals surface area contributed by atoms with Crippen molar-refractivity contribution in [1.29, 1.82) is 0 Å². The summed E-state index contributed by atoms with van der Waals surface area (Å²) in [5.74, 6) is -1.62. The summed E-state index contributed by atoms with van der Waals surface area (Å²) in [6, 6.07) is 7.22. The van der Waals surface area contributed by atoms with E-state index in [0.29, 0.717) is 24.5 Å². The first-order valence-corrected chi connectivity index (χ1v) is 8.72. The van der Waals surface area contributed by atoms with Gasteiger partial charge in [0.2, 0.25) is 0 Å². The maximum Gasteiger partial charge on any atom is 0.410 e. The van der Waals surface area contributed by atoms with Gasteiger partial charge in [0.25, 0.3) is 0 Å². The summed E-state index contributed by atoms with van der Waals surface area (Å²) in [5.41, 5.74) is 0.317. The molecule has 1 aromatic carbocycles. The molecule has 0 spiro atoms. The second kappa shape index (κ2) is 8.06. The Morgan fingerprint density at radius 2 is 2.04 bits per heavy atom. The minimum absolute atomic E-state index is 0.129. The quantitative estimate of drug-likeness (QED) is 0.853. The predicted octanol–water partition coefficient (Wildman–Crippen LogP) is 3.14. The molecule has 0 saturated carbocycles. The normalized spacial score (nSPS) is 21.0. The lowest BCUT2D eigenvalue weighted by Gasteiger charge is -2.37. The molecule has 25 heavy (non-hydrogen) atoms. The highest BCUT2D eigenvalue weighted by Gasteiger charge is 2.37. The molecule has 0 radical (unpaired) electrons. The van der Waals surface area contributed by atoms with E-state index < -0.39 is 23.6 Å². The van der Waals surface area contributed by atoms with Gasteiger partial charge in [-0.1, -0.05) is 29.8 Å². The minimum atomic E-state index is -0.926. The molecule has 0 aliphatic carbocycles. The van der Waals surface area contributed by atoms with Crippen LogP contribution in [0.1, 0.15) is 32.8 Å². The van der Waals surface area contributed by atoms with Gasteiger partial charge in [-0.2, -0.15) is 0 Å². The first kappa shape index (κ1) is 19.5. The molecule has 1 aliphatic rings. The number of rotatable bonds is 4. The number of hydrogen-bond donors (Lipinski definition) is 2. The maximum atomic E-state index is 12.2. The van der Waals surface area contributed by atoms with E-state index in [4.69, 9.17) is 16.3 Å². The van der Waals surface area contributed by atoms with Crippen molar-refractivity contribution in [3.8, 4) is 0 Å². The van der Waals surface area contributed by atoms with Crippen LogP contribution in [-0.4, -0.2) is 46.8 Å². The van der Waals surface area contributed by atoms with Crippen LogP contribution in [0.3, 0.4) is 0 Å². The van der Waals surface area contributed by atoms with Gasteiger partial charge in [-0.05, 0) is 38.8 Å². The summed E-state index contributed by atoms with van der Waals surface area (Å²) in [6.45, 7) is 6.44. The summed E-state index contributed by atoms with van der Waals surface area (Å²) in [4.78, 5) is 25.3. The monoisotopic (exact) mass is 368 g/mol. The van der Waals surface area contributed by atoms with Gasteiger partial charge in [0, 0.05) is 30.7 Å². The largest absolute Gasteiger partial charge is 0.481 e. The predicted molar refractivity (Wildman–Crippen MR) is 95.6 cm³/mol. The van der Waals surface area contributed by atoms with Gasteiger partial charge in [-0.15, -0.1) is 0 Å². The van der Waals surface area contributed by atoms with Crippen molar-refractivity contribution in [2.24, 2.45) is 5.92 Å². The zero-order chi connectivity index (χ0) is 18.6. The van der Waals surface area contributed by atoms with Gasteiger partial charge in [0.15, 0.2) is 0 Å². The van der Waals surface area contributed by atoms with E-state index in [1.54, 1.807) is 26.8 Å². The van der Waals surface area contributed by atoms with Crippen LogP contribution < -0.4 is 5.32 Å². The SMILES string of the molecule is CC(C)(C)OC(=O)N1CCC(NCc2ccccc2Cl)C(C(=O)O)C1. The van der Waals surface area contributed by atoms with Crippen LogP contribution in [0.2, 0.25) is 5.02 Å². The Balaban J connectivity index is 1.98. The molecule has 2 N–H and O–H groups in total. The van der Waals surface area contributed by atoms with E-state index in [2.05, 4.69) is 5.32 Å². The average molecular weight is 369 g/mol. The van der Waals surface area contributed by atoms with Crippen LogP contribution in [0.4, 0.5) is 4.79 Å². The van der Waals surface area contributed by atoms with Gasteiger partial charge >= 0.3 is 12.1 Å².